The minimum absolute atomic E-state index is 0.294. The summed E-state index contributed by atoms with van der Waals surface area (Å²) in [4.78, 5) is 0. The summed E-state index contributed by atoms with van der Waals surface area (Å²) >= 11 is 0. The Morgan fingerprint density at radius 3 is 2.11 bits per heavy atom. The lowest BCUT2D eigenvalue weighted by atomic mass is 9.99. The van der Waals surface area contributed by atoms with Crippen molar-refractivity contribution < 1.29 is 0 Å². The van der Waals surface area contributed by atoms with Gasteiger partial charge in [0.25, 0.3) is 0 Å². The van der Waals surface area contributed by atoms with Crippen LogP contribution in [0.3, 0.4) is 0 Å². The van der Waals surface area contributed by atoms with Crippen LogP contribution in [0.4, 0.5) is 0 Å². The van der Waals surface area contributed by atoms with Crippen LogP contribution in [0.25, 0.3) is 0 Å². The van der Waals surface area contributed by atoms with Gasteiger partial charge in [-0.1, -0.05) is 19.4 Å². The van der Waals surface area contributed by atoms with Crippen molar-refractivity contribution in [2.45, 2.75) is 33.2 Å². The van der Waals surface area contributed by atoms with E-state index < -0.39 is 0 Å². The van der Waals surface area contributed by atoms with Gasteiger partial charge in [-0.05, 0) is 19.3 Å². The summed E-state index contributed by atoms with van der Waals surface area (Å²) in [7, 11) is 0. The molecule has 0 heterocycles. The second-order valence-electron chi connectivity index (χ2n) is 3.07. The van der Waals surface area contributed by atoms with E-state index in [9.17, 15) is 0 Å². The van der Waals surface area contributed by atoms with Crippen LogP contribution in [-0.4, -0.2) is 6.04 Å². The standard InChI is InChI=1S/C8H17N/c1-6(2)5-8(9)7(3)4/h7-8H,1,5,9H2,2-4H3. The maximum atomic E-state index is 5.76. The fraction of sp³-hybridized carbons (Fsp3) is 0.750. The molecule has 0 spiro atoms. The smallest absolute Gasteiger partial charge is 0.00990 e. The van der Waals surface area contributed by atoms with Crippen LogP contribution in [-0.2, 0) is 0 Å². The molecule has 0 amide bonds. The van der Waals surface area contributed by atoms with Crippen molar-refractivity contribution in [1.82, 2.24) is 0 Å². The summed E-state index contributed by atoms with van der Waals surface area (Å²) in [5.74, 6) is 0.571. The summed E-state index contributed by atoms with van der Waals surface area (Å²) in [5.41, 5.74) is 6.93. The van der Waals surface area contributed by atoms with E-state index in [0.29, 0.717) is 12.0 Å². The van der Waals surface area contributed by atoms with Gasteiger partial charge in [-0.25, -0.2) is 0 Å². The Morgan fingerprint density at radius 1 is 1.56 bits per heavy atom. The maximum absolute atomic E-state index is 5.76. The monoisotopic (exact) mass is 127 g/mol. The van der Waals surface area contributed by atoms with Crippen LogP contribution in [0.2, 0.25) is 0 Å². The highest BCUT2D eigenvalue weighted by atomic mass is 14.6. The van der Waals surface area contributed by atoms with Gasteiger partial charge in [0.15, 0.2) is 0 Å². The summed E-state index contributed by atoms with van der Waals surface area (Å²) in [6, 6.07) is 0.294. The zero-order valence-electron chi connectivity index (χ0n) is 6.65. The molecule has 0 aliphatic rings. The number of hydrogen-bond acceptors (Lipinski definition) is 1. The Balaban J connectivity index is 3.50. The average Bonchev–Trinajstić information content (AvgIpc) is 1.63. The van der Waals surface area contributed by atoms with Gasteiger partial charge in [0.05, 0.1) is 0 Å². The Hall–Kier alpha value is -0.300. The molecule has 0 aliphatic heterocycles. The maximum Gasteiger partial charge on any atom is 0.00990 e. The van der Waals surface area contributed by atoms with Crippen molar-refractivity contribution in [3.8, 4) is 0 Å². The number of hydrogen-bond donors (Lipinski definition) is 1. The van der Waals surface area contributed by atoms with Crippen LogP contribution >= 0.6 is 0 Å². The molecule has 1 nitrogen and oxygen atoms in total. The molecule has 2 N–H and O–H groups in total. The van der Waals surface area contributed by atoms with Gasteiger partial charge in [-0.15, -0.1) is 6.58 Å². The highest BCUT2D eigenvalue weighted by Crippen LogP contribution is 2.07. The third kappa shape index (κ3) is 4.22. The Kier molecular flexibility index (Phi) is 3.55. The summed E-state index contributed by atoms with van der Waals surface area (Å²) < 4.78 is 0. The molecule has 1 heteroatoms. The highest BCUT2D eigenvalue weighted by molar-refractivity contribution is 4.92. The van der Waals surface area contributed by atoms with Crippen LogP contribution in [0, 0.1) is 5.92 Å². The predicted octanol–water partition coefficient (Wildman–Crippen LogP) is 1.94. The molecule has 0 rings (SSSR count). The molecule has 0 bridgehead atoms. The van der Waals surface area contributed by atoms with Crippen molar-refractivity contribution in [2.75, 3.05) is 0 Å². The first kappa shape index (κ1) is 8.70. The lowest BCUT2D eigenvalue weighted by molar-refractivity contribution is 0.489. The molecule has 54 valence electrons. The van der Waals surface area contributed by atoms with Crippen LogP contribution in [0.1, 0.15) is 27.2 Å². The minimum atomic E-state index is 0.294. The van der Waals surface area contributed by atoms with E-state index in [4.69, 9.17) is 5.73 Å². The van der Waals surface area contributed by atoms with E-state index in [1.807, 2.05) is 6.92 Å². The van der Waals surface area contributed by atoms with E-state index in [2.05, 4.69) is 20.4 Å². The Morgan fingerprint density at radius 2 is 2.00 bits per heavy atom. The van der Waals surface area contributed by atoms with Crippen molar-refractivity contribution in [2.24, 2.45) is 11.7 Å². The first-order valence-corrected chi connectivity index (χ1v) is 3.44. The van der Waals surface area contributed by atoms with E-state index in [-0.39, 0.29) is 0 Å². The predicted molar refractivity (Wildman–Crippen MR) is 42.2 cm³/mol. The number of nitrogens with two attached hydrogens (primary N) is 1. The first-order valence-electron chi connectivity index (χ1n) is 3.44. The lowest BCUT2D eigenvalue weighted by Crippen LogP contribution is -2.26. The van der Waals surface area contributed by atoms with Crippen molar-refractivity contribution in [1.29, 1.82) is 0 Å². The summed E-state index contributed by atoms with van der Waals surface area (Å²) in [5, 5.41) is 0. The second kappa shape index (κ2) is 3.67. The van der Waals surface area contributed by atoms with Gasteiger partial charge in [0, 0.05) is 6.04 Å². The molecule has 0 saturated carbocycles. The Bertz CT molecular complexity index is 94.7. The molecule has 1 unspecified atom stereocenters. The largest absolute Gasteiger partial charge is 0.327 e. The Labute approximate surface area is 57.9 Å². The van der Waals surface area contributed by atoms with E-state index in [1.54, 1.807) is 0 Å². The summed E-state index contributed by atoms with van der Waals surface area (Å²) in [6.07, 6.45) is 0.956. The molecule has 0 radical (unpaired) electrons. The molecule has 0 aromatic carbocycles. The highest BCUT2D eigenvalue weighted by Gasteiger charge is 2.05. The van der Waals surface area contributed by atoms with Crippen molar-refractivity contribution >= 4 is 0 Å². The van der Waals surface area contributed by atoms with Gasteiger partial charge in [0.1, 0.15) is 0 Å². The van der Waals surface area contributed by atoms with Gasteiger partial charge < -0.3 is 5.73 Å². The minimum Gasteiger partial charge on any atom is -0.327 e. The first-order chi connectivity index (χ1) is 4.04. The third-order valence-corrected chi connectivity index (χ3v) is 1.44. The molecule has 0 aromatic heterocycles. The second-order valence-corrected chi connectivity index (χ2v) is 3.07. The van der Waals surface area contributed by atoms with Gasteiger partial charge in [0.2, 0.25) is 0 Å². The molecule has 0 fully saturated rings. The molecule has 1 atom stereocenters. The molecular formula is C8H17N. The molecule has 0 saturated heterocycles. The fourth-order valence-electron chi connectivity index (χ4n) is 0.638. The normalized spacial score (nSPS) is 13.9. The average molecular weight is 127 g/mol. The van der Waals surface area contributed by atoms with E-state index in [0.717, 1.165) is 6.42 Å². The van der Waals surface area contributed by atoms with Crippen LogP contribution < -0.4 is 5.73 Å². The zero-order chi connectivity index (χ0) is 7.44. The quantitative estimate of drug-likeness (QED) is 0.576. The molecule has 9 heavy (non-hydrogen) atoms. The topological polar surface area (TPSA) is 26.0 Å². The molecule has 0 aromatic rings. The van der Waals surface area contributed by atoms with Gasteiger partial charge in [-0.2, -0.15) is 0 Å². The lowest BCUT2D eigenvalue weighted by Gasteiger charge is -2.14. The molecule has 0 aliphatic carbocycles. The third-order valence-electron chi connectivity index (χ3n) is 1.44. The van der Waals surface area contributed by atoms with Crippen molar-refractivity contribution in [3.63, 3.8) is 0 Å². The summed E-state index contributed by atoms with van der Waals surface area (Å²) in [6.45, 7) is 10.1. The number of rotatable bonds is 3. The van der Waals surface area contributed by atoms with E-state index >= 15 is 0 Å². The van der Waals surface area contributed by atoms with E-state index in [1.165, 1.54) is 5.57 Å². The zero-order valence-corrected chi connectivity index (χ0v) is 6.65. The van der Waals surface area contributed by atoms with Crippen LogP contribution in [0.5, 0.6) is 0 Å². The van der Waals surface area contributed by atoms with Gasteiger partial charge in [-0.3, -0.25) is 0 Å². The van der Waals surface area contributed by atoms with Gasteiger partial charge >= 0.3 is 0 Å². The fourth-order valence-corrected chi connectivity index (χ4v) is 0.638. The SMILES string of the molecule is C=C(C)CC(N)C(C)C. The molecular weight excluding hydrogens is 110 g/mol. The van der Waals surface area contributed by atoms with Crippen molar-refractivity contribution in [3.05, 3.63) is 12.2 Å². The van der Waals surface area contributed by atoms with Crippen LogP contribution in [0.15, 0.2) is 12.2 Å².